The van der Waals surface area contributed by atoms with E-state index in [9.17, 15) is 0 Å². The summed E-state index contributed by atoms with van der Waals surface area (Å²) in [6.07, 6.45) is 3.42. The Morgan fingerprint density at radius 1 is 1.43 bits per heavy atom. The first kappa shape index (κ1) is 9.75. The van der Waals surface area contributed by atoms with Gasteiger partial charge in [-0.1, -0.05) is 35.4 Å². The summed E-state index contributed by atoms with van der Waals surface area (Å²) < 4.78 is 0. The minimum absolute atomic E-state index is 0.844. The molecule has 1 aromatic rings. The van der Waals surface area contributed by atoms with Gasteiger partial charge in [0.15, 0.2) is 0 Å². The van der Waals surface area contributed by atoms with E-state index < -0.39 is 0 Å². The molecule has 0 aliphatic carbocycles. The molecular weight excluding hydrogens is 194 g/mol. The molecule has 1 N–H and O–H groups in total. The minimum atomic E-state index is 0.844. The maximum Gasteiger partial charge on any atom is 0.0435 e. The zero-order valence-electron chi connectivity index (χ0n) is 8.31. The van der Waals surface area contributed by atoms with Gasteiger partial charge in [-0.2, -0.15) is 0 Å². The van der Waals surface area contributed by atoms with E-state index in [4.69, 9.17) is 11.6 Å². The van der Waals surface area contributed by atoms with Crippen molar-refractivity contribution in [3.63, 3.8) is 0 Å². The highest BCUT2D eigenvalue weighted by atomic mass is 35.5. The van der Waals surface area contributed by atoms with Crippen molar-refractivity contribution in [3.05, 3.63) is 39.9 Å². The minimum Gasteiger partial charge on any atom is -0.313 e. The molecule has 0 unspecified atom stereocenters. The molecule has 0 saturated carbocycles. The molecule has 1 aliphatic heterocycles. The van der Waals surface area contributed by atoms with Crippen molar-refractivity contribution < 1.29 is 0 Å². The lowest BCUT2D eigenvalue weighted by molar-refractivity contribution is 0.862. The van der Waals surface area contributed by atoms with Crippen molar-refractivity contribution in [2.75, 3.05) is 13.1 Å². The third-order valence-electron chi connectivity index (χ3n) is 2.53. The van der Waals surface area contributed by atoms with Crippen LogP contribution in [0.1, 0.15) is 17.5 Å². The molecule has 0 spiro atoms. The summed E-state index contributed by atoms with van der Waals surface area (Å²) in [6, 6.07) is 6.17. The molecule has 2 heteroatoms. The predicted molar refractivity (Wildman–Crippen MR) is 61.7 cm³/mol. The number of nitrogens with one attached hydrogen (secondary N) is 1. The number of rotatable bonds is 1. The lowest BCUT2D eigenvalue weighted by Gasteiger charge is -2.00. The van der Waals surface area contributed by atoms with E-state index in [1.807, 2.05) is 13.0 Å². The van der Waals surface area contributed by atoms with E-state index in [1.54, 1.807) is 0 Å². The largest absolute Gasteiger partial charge is 0.313 e. The normalized spacial score (nSPS) is 19.1. The lowest BCUT2D eigenvalue weighted by atomic mass is 10.1. The van der Waals surface area contributed by atoms with Gasteiger partial charge < -0.3 is 5.32 Å². The van der Waals surface area contributed by atoms with Gasteiger partial charge in [0, 0.05) is 11.6 Å². The average molecular weight is 208 g/mol. The fourth-order valence-corrected chi connectivity index (χ4v) is 1.82. The van der Waals surface area contributed by atoms with Crippen molar-refractivity contribution >= 4 is 17.7 Å². The van der Waals surface area contributed by atoms with Crippen molar-refractivity contribution in [1.82, 2.24) is 5.32 Å². The standard InChI is InChI=1S/C12H14ClN/c1-9-6-10(2-3-12(9)13)7-11-4-5-14-8-11/h2-3,6-7,14H,4-5,8H2,1H3/b11-7-. The molecule has 14 heavy (non-hydrogen) atoms. The van der Waals surface area contributed by atoms with Gasteiger partial charge in [0.05, 0.1) is 0 Å². The highest BCUT2D eigenvalue weighted by molar-refractivity contribution is 6.31. The fourth-order valence-electron chi connectivity index (χ4n) is 1.70. The second kappa shape index (κ2) is 4.16. The highest BCUT2D eigenvalue weighted by Gasteiger charge is 2.05. The predicted octanol–water partition coefficient (Wildman–Crippen LogP) is 3.03. The van der Waals surface area contributed by atoms with Gasteiger partial charge in [-0.3, -0.25) is 0 Å². The van der Waals surface area contributed by atoms with Gasteiger partial charge in [-0.05, 0) is 37.1 Å². The van der Waals surface area contributed by atoms with Crippen molar-refractivity contribution in [2.45, 2.75) is 13.3 Å². The Labute approximate surface area is 89.8 Å². The summed E-state index contributed by atoms with van der Waals surface area (Å²) in [5, 5.41) is 4.17. The number of hydrogen-bond acceptors (Lipinski definition) is 1. The molecule has 2 rings (SSSR count). The van der Waals surface area contributed by atoms with Crippen LogP contribution < -0.4 is 5.32 Å². The van der Waals surface area contributed by atoms with Gasteiger partial charge in [0.2, 0.25) is 0 Å². The first-order chi connectivity index (χ1) is 6.75. The van der Waals surface area contributed by atoms with Crippen LogP contribution >= 0.6 is 11.6 Å². The van der Waals surface area contributed by atoms with Crippen LogP contribution in [0.25, 0.3) is 6.08 Å². The molecule has 1 nitrogen and oxygen atoms in total. The summed E-state index contributed by atoms with van der Waals surface area (Å²) in [5.74, 6) is 0. The second-order valence-electron chi connectivity index (χ2n) is 3.74. The van der Waals surface area contributed by atoms with Gasteiger partial charge in [-0.15, -0.1) is 0 Å². The van der Waals surface area contributed by atoms with E-state index in [0.29, 0.717) is 0 Å². The van der Waals surface area contributed by atoms with E-state index in [-0.39, 0.29) is 0 Å². The van der Waals surface area contributed by atoms with Crippen LogP contribution in [0.2, 0.25) is 5.02 Å². The maximum absolute atomic E-state index is 5.96. The van der Waals surface area contributed by atoms with E-state index in [2.05, 4.69) is 23.5 Å². The molecule has 74 valence electrons. The third kappa shape index (κ3) is 2.17. The van der Waals surface area contributed by atoms with Crippen LogP contribution in [0.4, 0.5) is 0 Å². The zero-order valence-corrected chi connectivity index (χ0v) is 9.06. The van der Waals surface area contributed by atoms with Crippen molar-refractivity contribution in [2.24, 2.45) is 0 Å². The van der Waals surface area contributed by atoms with Gasteiger partial charge in [0.1, 0.15) is 0 Å². The smallest absolute Gasteiger partial charge is 0.0435 e. The number of benzene rings is 1. The summed E-state index contributed by atoms with van der Waals surface area (Å²) in [6.45, 7) is 4.18. The maximum atomic E-state index is 5.96. The molecule has 0 amide bonds. The van der Waals surface area contributed by atoms with Crippen LogP contribution in [0.5, 0.6) is 0 Å². The van der Waals surface area contributed by atoms with Gasteiger partial charge >= 0.3 is 0 Å². The molecule has 0 bridgehead atoms. The summed E-state index contributed by atoms with van der Waals surface area (Å²) in [4.78, 5) is 0. The van der Waals surface area contributed by atoms with Gasteiger partial charge in [-0.25, -0.2) is 0 Å². The molecular formula is C12H14ClN. The Kier molecular flexibility index (Phi) is 2.90. The summed E-state index contributed by atoms with van der Waals surface area (Å²) >= 11 is 5.96. The molecule has 0 atom stereocenters. The Balaban J connectivity index is 2.24. The quantitative estimate of drug-likeness (QED) is 0.747. The molecule has 1 aliphatic rings. The first-order valence-corrected chi connectivity index (χ1v) is 5.30. The average Bonchev–Trinajstić information content (AvgIpc) is 2.64. The van der Waals surface area contributed by atoms with Crippen molar-refractivity contribution in [1.29, 1.82) is 0 Å². The monoisotopic (exact) mass is 207 g/mol. The lowest BCUT2D eigenvalue weighted by Crippen LogP contribution is -2.04. The number of halogens is 1. The second-order valence-corrected chi connectivity index (χ2v) is 4.15. The van der Waals surface area contributed by atoms with Crippen LogP contribution in [0, 0.1) is 6.92 Å². The van der Waals surface area contributed by atoms with Crippen molar-refractivity contribution in [3.8, 4) is 0 Å². The Bertz CT molecular complexity index is 361. The van der Waals surface area contributed by atoms with Crippen LogP contribution in [-0.2, 0) is 0 Å². The first-order valence-electron chi connectivity index (χ1n) is 4.92. The molecule has 1 fully saturated rings. The number of hydrogen-bond donors (Lipinski definition) is 1. The Hall–Kier alpha value is -0.790. The Morgan fingerprint density at radius 2 is 2.29 bits per heavy atom. The van der Waals surface area contributed by atoms with Gasteiger partial charge in [0.25, 0.3) is 0 Å². The number of aryl methyl sites for hydroxylation is 1. The van der Waals surface area contributed by atoms with E-state index in [1.165, 1.54) is 17.6 Å². The van der Waals surface area contributed by atoms with E-state index in [0.717, 1.165) is 23.7 Å². The Morgan fingerprint density at radius 3 is 2.93 bits per heavy atom. The van der Waals surface area contributed by atoms with E-state index >= 15 is 0 Å². The summed E-state index contributed by atoms with van der Waals surface area (Å²) in [7, 11) is 0. The molecule has 1 saturated heterocycles. The van der Waals surface area contributed by atoms with Crippen LogP contribution in [0.3, 0.4) is 0 Å². The van der Waals surface area contributed by atoms with Crippen LogP contribution in [0.15, 0.2) is 23.8 Å². The third-order valence-corrected chi connectivity index (χ3v) is 2.95. The molecule has 1 heterocycles. The molecule has 1 aromatic carbocycles. The van der Waals surface area contributed by atoms with Crippen LogP contribution in [-0.4, -0.2) is 13.1 Å². The summed E-state index contributed by atoms with van der Waals surface area (Å²) in [5.41, 5.74) is 3.88. The molecule has 0 aromatic heterocycles. The topological polar surface area (TPSA) is 12.0 Å². The highest BCUT2D eigenvalue weighted by Crippen LogP contribution is 2.19. The SMILES string of the molecule is Cc1cc(/C=C2/CCNC2)ccc1Cl. The molecule has 0 radical (unpaired) electrons. The fraction of sp³-hybridized carbons (Fsp3) is 0.333. The zero-order chi connectivity index (χ0) is 9.97.